The Hall–Kier alpha value is -2.55. The first-order valence-electron chi connectivity index (χ1n) is 5.43. The van der Waals surface area contributed by atoms with Gasteiger partial charge in [0, 0.05) is 19.3 Å². The molecule has 0 unspecified atom stereocenters. The molecular weight excluding hydrogens is 232 g/mol. The zero-order valence-electron chi connectivity index (χ0n) is 9.86. The number of carbonyl (C=O) groups excluding carboxylic acids is 2. The van der Waals surface area contributed by atoms with Gasteiger partial charge in [0.05, 0.1) is 11.8 Å². The maximum atomic E-state index is 11.5. The molecule has 1 aliphatic rings. The Morgan fingerprint density at radius 1 is 1.61 bits per heavy atom. The Balaban J connectivity index is 2.24. The molecule has 6 nitrogen and oxygen atoms in total. The van der Waals surface area contributed by atoms with Gasteiger partial charge in [-0.15, -0.1) is 0 Å². The van der Waals surface area contributed by atoms with Crippen LogP contribution in [0.25, 0.3) is 0 Å². The van der Waals surface area contributed by atoms with Crippen molar-refractivity contribution in [3.05, 3.63) is 23.8 Å². The lowest BCUT2D eigenvalue weighted by Crippen LogP contribution is -2.41. The number of hydrogen-bond acceptors (Lipinski definition) is 3. The molecule has 92 valence electrons. The van der Waals surface area contributed by atoms with Crippen molar-refractivity contribution < 1.29 is 9.59 Å². The average Bonchev–Trinajstić information content (AvgIpc) is 2.35. The molecule has 0 spiro atoms. The van der Waals surface area contributed by atoms with E-state index < -0.39 is 0 Å². The van der Waals surface area contributed by atoms with Crippen LogP contribution in [0.15, 0.2) is 18.2 Å². The summed E-state index contributed by atoms with van der Waals surface area (Å²) >= 11 is 0. The normalized spacial score (nSPS) is 13.3. The summed E-state index contributed by atoms with van der Waals surface area (Å²) in [5.74, 6) is -0.361. The van der Waals surface area contributed by atoms with Gasteiger partial charge >= 0.3 is 6.03 Å². The van der Waals surface area contributed by atoms with E-state index in [1.165, 1.54) is 4.90 Å². The number of hydrogen-bond donors (Lipinski definition) is 2. The number of fused-ring (bicyclic) bond motifs is 1. The predicted molar refractivity (Wildman–Crippen MR) is 65.9 cm³/mol. The minimum absolute atomic E-state index is 0.178. The van der Waals surface area contributed by atoms with Gasteiger partial charge < -0.3 is 10.6 Å². The van der Waals surface area contributed by atoms with Gasteiger partial charge in [-0.3, -0.25) is 9.69 Å². The molecule has 1 aliphatic heterocycles. The van der Waals surface area contributed by atoms with Crippen LogP contribution in [0.4, 0.5) is 16.2 Å². The van der Waals surface area contributed by atoms with E-state index in [0.29, 0.717) is 12.2 Å². The quantitative estimate of drug-likeness (QED) is 0.819. The molecule has 0 aromatic heterocycles. The van der Waals surface area contributed by atoms with Crippen LogP contribution in [0.1, 0.15) is 12.0 Å². The van der Waals surface area contributed by atoms with Gasteiger partial charge in [0.2, 0.25) is 5.91 Å². The van der Waals surface area contributed by atoms with E-state index in [4.69, 9.17) is 5.26 Å². The number of urea groups is 1. The largest absolute Gasteiger partial charge is 0.334 e. The standard InChI is InChI=1S/C12H12N4O2/c1-16-10-6-9(15-11(17)4-5-13)3-2-8(10)7-14-12(16)18/h2-3,6H,4,7H2,1H3,(H,14,18)(H,15,17). The van der Waals surface area contributed by atoms with E-state index in [-0.39, 0.29) is 18.4 Å². The zero-order chi connectivity index (χ0) is 13.1. The highest BCUT2D eigenvalue weighted by Crippen LogP contribution is 2.26. The second-order valence-electron chi connectivity index (χ2n) is 3.94. The Morgan fingerprint density at radius 2 is 2.39 bits per heavy atom. The van der Waals surface area contributed by atoms with Crippen molar-refractivity contribution in [3.63, 3.8) is 0 Å². The van der Waals surface area contributed by atoms with Crippen LogP contribution >= 0.6 is 0 Å². The molecule has 0 radical (unpaired) electrons. The molecule has 3 amide bonds. The highest BCUT2D eigenvalue weighted by Gasteiger charge is 2.20. The highest BCUT2D eigenvalue weighted by molar-refractivity contribution is 5.97. The van der Waals surface area contributed by atoms with Gasteiger partial charge in [0.25, 0.3) is 0 Å². The van der Waals surface area contributed by atoms with Gasteiger partial charge in [0.1, 0.15) is 6.42 Å². The fourth-order valence-electron chi connectivity index (χ4n) is 1.78. The predicted octanol–water partition coefficient (Wildman–Crippen LogP) is 1.20. The SMILES string of the molecule is CN1C(=O)NCc2ccc(NC(=O)CC#N)cc21. The van der Waals surface area contributed by atoms with Crippen LogP contribution in [-0.2, 0) is 11.3 Å². The third-order valence-electron chi connectivity index (χ3n) is 2.70. The molecule has 0 fully saturated rings. The minimum atomic E-state index is -0.361. The van der Waals surface area contributed by atoms with Crippen LogP contribution in [-0.4, -0.2) is 19.0 Å². The summed E-state index contributed by atoms with van der Waals surface area (Å²) < 4.78 is 0. The fourth-order valence-corrected chi connectivity index (χ4v) is 1.78. The van der Waals surface area contributed by atoms with E-state index >= 15 is 0 Å². The molecule has 1 aromatic carbocycles. The van der Waals surface area contributed by atoms with Crippen molar-refractivity contribution in [1.29, 1.82) is 5.26 Å². The summed E-state index contributed by atoms with van der Waals surface area (Å²) in [6.45, 7) is 0.477. The molecule has 0 saturated heterocycles. The first-order chi connectivity index (χ1) is 8.61. The minimum Gasteiger partial charge on any atom is -0.334 e. The van der Waals surface area contributed by atoms with Crippen molar-refractivity contribution in [2.45, 2.75) is 13.0 Å². The molecule has 1 aromatic rings. The monoisotopic (exact) mass is 244 g/mol. The number of amides is 3. The lowest BCUT2D eigenvalue weighted by Gasteiger charge is -2.27. The second-order valence-corrected chi connectivity index (χ2v) is 3.94. The summed E-state index contributed by atoms with van der Waals surface area (Å²) in [4.78, 5) is 24.3. The number of nitriles is 1. The average molecular weight is 244 g/mol. The number of nitrogens with one attached hydrogen (secondary N) is 2. The van der Waals surface area contributed by atoms with Crippen LogP contribution in [0.3, 0.4) is 0 Å². The Morgan fingerprint density at radius 3 is 3.11 bits per heavy atom. The number of carbonyl (C=O) groups is 2. The van der Waals surface area contributed by atoms with E-state index in [2.05, 4.69) is 10.6 Å². The van der Waals surface area contributed by atoms with Crippen LogP contribution < -0.4 is 15.5 Å². The first kappa shape index (κ1) is 11.9. The maximum absolute atomic E-state index is 11.5. The molecule has 2 rings (SSSR count). The van der Waals surface area contributed by atoms with Gasteiger partial charge in [-0.2, -0.15) is 5.26 Å². The molecule has 6 heteroatoms. The van der Waals surface area contributed by atoms with Crippen molar-refractivity contribution in [2.24, 2.45) is 0 Å². The van der Waals surface area contributed by atoms with E-state index in [9.17, 15) is 9.59 Å². The molecule has 18 heavy (non-hydrogen) atoms. The number of rotatable bonds is 2. The Bertz CT molecular complexity index is 547. The smallest absolute Gasteiger partial charge is 0.321 e. The van der Waals surface area contributed by atoms with Crippen molar-refractivity contribution >= 4 is 23.3 Å². The summed E-state index contributed by atoms with van der Waals surface area (Å²) in [6, 6.07) is 6.92. The molecule has 2 N–H and O–H groups in total. The zero-order valence-corrected chi connectivity index (χ0v) is 9.86. The van der Waals surface area contributed by atoms with E-state index in [1.54, 1.807) is 25.2 Å². The van der Waals surface area contributed by atoms with Crippen LogP contribution in [0, 0.1) is 11.3 Å². The fraction of sp³-hybridized carbons (Fsp3) is 0.250. The number of anilines is 2. The lowest BCUT2D eigenvalue weighted by atomic mass is 10.1. The Labute approximate surface area is 104 Å². The molecule has 0 aliphatic carbocycles. The van der Waals surface area contributed by atoms with Crippen molar-refractivity contribution in [1.82, 2.24) is 5.32 Å². The third-order valence-corrected chi connectivity index (χ3v) is 2.70. The second kappa shape index (κ2) is 4.75. The van der Waals surface area contributed by atoms with Gasteiger partial charge in [0.15, 0.2) is 0 Å². The molecule has 0 saturated carbocycles. The maximum Gasteiger partial charge on any atom is 0.321 e. The topological polar surface area (TPSA) is 85.2 Å². The molecule has 1 heterocycles. The molecule has 0 bridgehead atoms. The highest BCUT2D eigenvalue weighted by atomic mass is 16.2. The summed E-state index contributed by atoms with van der Waals surface area (Å²) in [7, 11) is 1.66. The van der Waals surface area contributed by atoms with E-state index in [1.807, 2.05) is 6.07 Å². The van der Waals surface area contributed by atoms with Gasteiger partial charge in [-0.25, -0.2) is 4.79 Å². The van der Waals surface area contributed by atoms with Crippen molar-refractivity contribution in [3.8, 4) is 6.07 Å². The van der Waals surface area contributed by atoms with Gasteiger partial charge in [-0.05, 0) is 17.7 Å². The number of benzene rings is 1. The summed E-state index contributed by atoms with van der Waals surface area (Å²) in [5.41, 5.74) is 2.32. The van der Waals surface area contributed by atoms with E-state index in [0.717, 1.165) is 11.3 Å². The van der Waals surface area contributed by atoms with Gasteiger partial charge in [-0.1, -0.05) is 6.07 Å². The van der Waals surface area contributed by atoms with Crippen molar-refractivity contribution in [2.75, 3.05) is 17.3 Å². The van der Waals surface area contributed by atoms with Crippen LogP contribution in [0.5, 0.6) is 0 Å². The Kier molecular flexibility index (Phi) is 3.15. The molecule has 0 atom stereocenters. The van der Waals surface area contributed by atoms with Crippen LogP contribution in [0.2, 0.25) is 0 Å². The third kappa shape index (κ3) is 2.25. The summed E-state index contributed by atoms with van der Waals surface area (Å²) in [5, 5.41) is 13.7. The summed E-state index contributed by atoms with van der Waals surface area (Å²) in [6.07, 6.45) is -0.187. The number of nitrogens with zero attached hydrogens (tertiary/aromatic N) is 2. The first-order valence-corrected chi connectivity index (χ1v) is 5.43. The molecular formula is C12H12N4O2. The lowest BCUT2D eigenvalue weighted by molar-refractivity contribution is -0.115.